The van der Waals surface area contributed by atoms with Gasteiger partial charge >= 0.3 is 5.97 Å². The number of rotatable bonds is 6. The quantitative estimate of drug-likeness (QED) is 0.585. The zero-order valence-corrected chi connectivity index (χ0v) is 10.3. The summed E-state index contributed by atoms with van der Waals surface area (Å²) in [5, 5.41) is 15.5. The molecule has 5 nitrogen and oxygen atoms in total. The van der Waals surface area contributed by atoms with E-state index in [9.17, 15) is 4.79 Å². The molecule has 0 aliphatic carbocycles. The van der Waals surface area contributed by atoms with Crippen molar-refractivity contribution < 1.29 is 9.90 Å². The predicted molar refractivity (Wildman–Crippen MR) is 63.6 cm³/mol. The first kappa shape index (κ1) is 13.4. The molecule has 0 saturated carbocycles. The number of nitrogens with zero attached hydrogens (tertiary/aromatic N) is 1. The molecular weight excluding hydrogens is 206 g/mol. The van der Waals surface area contributed by atoms with Gasteiger partial charge in [0, 0.05) is 39.3 Å². The van der Waals surface area contributed by atoms with Crippen LogP contribution in [0.25, 0.3) is 0 Å². The standard InChI is InChI=1S/C11H23N3O2/c1-3-11(2,10(15)16)13-6-9-14-7-4-12-5-8-14/h12-13H,3-9H2,1-2H3,(H,15,16). The Hall–Kier alpha value is -0.650. The van der Waals surface area contributed by atoms with Crippen LogP contribution in [0.4, 0.5) is 0 Å². The predicted octanol–water partition coefficient (Wildman–Crippen LogP) is -0.265. The highest BCUT2D eigenvalue weighted by molar-refractivity contribution is 5.78. The van der Waals surface area contributed by atoms with Crippen LogP contribution in [-0.2, 0) is 4.79 Å². The molecule has 0 aromatic heterocycles. The van der Waals surface area contributed by atoms with E-state index >= 15 is 0 Å². The molecule has 1 unspecified atom stereocenters. The molecule has 0 spiro atoms. The van der Waals surface area contributed by atoms with Crippen LogP contribution in [0.15, 0.2) is 0 Å². The largest absolute Gasteiger partial charge is 0.480 e. The normalized spacial score (nSPS) is 21.6. The van der Waals surface area contributed by atoms with Gasteiger partial charge in [-0.2, -0.15) is 0 Å². The zero-order valence-electron chi connectivity index (χ0n) is 10.3. The average molecular weight is 229 g/mol. The lowest BCUT2D eigenvalue weighted by Crippen LogP contribution is -2.52. The van der Waals surface area contributed by atoms with E-state index in [2.05, 4.69) is 15.5 Å². The smallest absolute Gasteiger partial charge is 0.323 e. The van der Waals surface area contributed by atoms with E-state index in [1.807, 2.05) is 6.92 Å². The summed E-state index contributed by atoms with van der Waals surface area (Å²) in [6.45, 7) is 9.46. The van der Waals surface area contributed by atoms with E-state index in [0.29, 0.717) is 6.42 Å². The number of carboxylic acid groups (broad SMARTS) is 1. The van der Waals surface area contributed by atoms with Crippen molar-refractivity contribution in [2.45, 2.75) is 25.8 Å². The van der Waals surface area contributed by atoms with Crippen molar-refractivity contribution in [3.05, 3.63) is 0 Å². The molecule has 3 N–H and O–H groups in total. The molecule has 1 atom stereocenters. The molecule has 0 radical (unpaired) electrons. The van der Waals surface area contributed by atoms with Crippen molar-refractivity contribution in [1.29, 1.82) is 0 Å². The monoisotopic (exact) mass is 229 g/mol. The molecule has 0 amide bonds. The highest BCUT2D eigenvalue weighted by atomic mass is 16.4. The van der Waals surface area contributed by atoms with Gasteiger partial charge in [-0.1, -0.05) is 6.92 Å². The van der Waals surface area contributed by atoms with Crippen molar-refractivity contribution in [1.82, 2.24) is 15.5 Å². The Morgan fingerprint density at radius 2 is 2.12 bits per heavy atom. The van der Waals surface area contributed by atoms with Gasteiger partial charge in [0.25, 0.3) is 0 Å². The molecule has 94 valence electrons. The Bertz CT molecular complexity index is 229. The van der Waals surface area contributed by atoms with Crippen LogP contribution < -0.4 is 10.6 Å². The van der Waals surface area contributed by atoms with E-state index < -0.39 is 11.5 Å². The minimum absolute atomic E-state index is 0.601. The third-order valence-corrected chi connectivity index (χ3v) is 3.33. The van der Waals surface area contributed by atoms with Crippen molar-refractivity contribution in [2.75, 3.05) is 39.3 Å². The first-order valence-corrected chi connectivity index (χ1v) is 6.00. The van der Waals surface area contributed by atoms with E-state index in [-0.39, 0.29) is 0 Å². The maximum Gasteiger partial charge on any atom is 0.323 e. The van der Waals surface area contributed by atoms with Gasteiger partial charge in [-0.05, 0) is 13.3 Å². The summed E-state index contributed by atoms with van der Waals surface area (Å²) in [6.07, 6.45) is 0.601. The fraction of sp³-hybridized carbons (Fsp3) is 0.909. The molecule has 1 heterocycles. The van der Waals surface area contributed by atoms with Gasteiger partial charge in [-0.15, -0.1) is 0 Å². The van der Waals surface area contributed by atoms with Crippen LogP contribution in [0, 0.1) is 0 Å². The molecule has 0 bridgehead atoms. The van der Waals surface area contributed by atoms with Crippen LogP contribution in [0.5, 0.6) is 0 Å². The maximum atomic E-state index is 11.0. The van der Waals surface area contributed by atoms with Gasteiger partial charge in [0.2, 0.25) is 0 Å². The molecule has 1 aliphatic heterocycles. The molecule has 1 aliphatic rings. The van der Waals surface area contributed by atoms with Crippen molar-refractivity contribution in [2.24, 2.45) is 0 Å². The Balaban J connectivity index is 2.25. The van der Waals surface area contributed by atoms with Gasteiger partial charge in [-0.25, -0.2) is 0 Å². The highest BCUT2D eigenvalue weighted by Crippen LogP contribution is 2.08. The molecule has 1 saturated heterocycles. The number of piperazine rings is 1. The second-order valence-electron chi connectivity index (χ2n) is 4.51. The van der Waals surface area contributed by atoms with Gasteiger partial charge in [0.1, 0.15) is 5.54 Å². The summed E-state index contributed by atoms with van der Waals surface area (Å²) in [7, 11) is 0. The van der Waals surface area contributed by atoms with Crippen molar-refractivity contribution >= 4 is 5.97 Å². The molecule has 5 heteroatoms. The lowest BCUT2D eigenvalue weighted by atomic mass is 9.99. The Kier molecular flexibility index (Phi) is 5.18. The van der Waals surface area contributed by atoms with E-state index in [0.717, 1.165) is 39.3 Å². The molecule has 1 fully saturated rings. The summed E-state index contributed by atoms with van der Waals surface area (Å²) >= 11 is 0. The number of carboxylic acids is 1. The fourth-order valence-electron chi connectivity index (χ4n) is 1.78. The second kappa shape index (κ2) is 6.18. The van der Waals surface area contributed by atoms with Crippen LogP contribution in [0.2, 0.25) is 0 Å². The van der Waals surface area contributed by atoms with Gasteiger partial charge < -0.3 is 15.7 Å². The van der Waals surface area contributed by atoms with Gasteiger partial charge in [-0.3, -0.25) is 9.69 Å². The molecule has 16 heavy (non-hydrogen) atoms. The first-order chi connectivity index (χ1) is 7.58. The minimum atomic E-state index is -0.784. The van der Waals surface area contributed by atoms with Crippen molar-refractivity contribution in [3.63, 3.8) is 0 Å². The zero-order chi connectivity index (χ0) is 12.0. The second-order valence-corrected chi connectivity index (χ2v) is 4.51. The fourth-order valence-corrected chi connectivity index (χ4v) is 1.78. The van der Waals surface area contributed by atoms with E-state index in [4.69, 9.17) is 5.11 Å². The Labute approximate surface area is 97.2 Å². The van der Waals surface area contributed by atoms with Crippen molar-refractivity contribution in [3.8, 4) is 0 Å². The topological polar surface area (TPSA) is 64.6 Å². The summed E-state index contributed by atoms with van der Waals surface area (Å²) < 4.78 is 0. The lowest BCUT2D eigenvalue weighted by Gasteiger charge is -2.30. The van der Waals surface area contributed by atoms with Gasteiger partial charge in [0.05, 0.1) is 0 Å². The minimum Gasteiger partial charge on any atom is -0.480 e. The SMILES string of the molecule is CCC(C)(NCCN1CCNCC1)C(=O)O. The Morgan fingerprint density at radius 3 is 2.62 bits per heavy atom. The summed E-state index contributed by atoms with van der Waals surface area (Å²) in [5.74, 6) is -0.768. The van der Waals surface area contributed by atoms with Crippen LogP contribution in [0.3, 0.4) is 0 Å². The lowest BCUT2D eigenvalue weighted by molar-refractivity contribution is -0.144. The number of hydrogen-bond acceptors (Lipinski definition) is 4. The maximum absolute atomic E-state index is 11.0. The van der Waals surface area contributed by atoms with Crippen LogP contribution in [-0.4, -0.2) is 60.8 Å². The number of hydrogen-bond donors (Lipinski definition) is 3. The third-order valence-electron chi connectivity index (χ3n) is 3.33. The van der Waals surface area contributed by atoms with Gasteiger partial charge in [0.15, 0.2) is 0 Å². The summed E-state index contributed by atoms with van der Waals surface area (Å²) in [4.78, 5) is 13.4. The molecule has 0 aromatic rings. The summed E-state index contributed by atoms with van der Waals surface area (Å²) in [6, 6.07) is 0. The van der Waals surface area contributed by atoms with E-state index in [1.165, 1.54) is 0 Å². The number of aliphatic carboxylic acids is 1. The van der Waals surface area contributed by atoms with Crippen LogP contribution >= 0.6 is 0 Å². The molecule has 0 aromatic carbocycles. The summed E-state index contributed by atoms with van der Waals surface area (Å²) in [5.41, 5.74) is -0.784. The third kappa shape index (κ3) is 3.73. The van der Waals surface area contributed by atoms with E-state index in [1.54, 1.807) is 6.92 Å². The highest BCUT2D eigenvalue weighted by Gasteiger charge is 2.30. The average Bonchev–Trinajstić information content (AvgIpc) is 2.30. The molecular formula is C11H23N3O2. The number of carbonyl (C=O) groups is 1. The van der Waals surface area contributed by atoms with Crippen LogP contribution in [0.1, 0.15) is 20.3 Å². The number of nitrogens with one attached hydrogen (secondary N) is 2. The Morgan fingerprint density at radius 1 is 1.50 bits per heavy atom. The molecule has 1 rings (SSSR count). The first-order valence-electron chi connectivity index (χ1n) is 6.00.